The molecule has 160 valence electrons. The predicted molar refractivity (Wildman–Crippen MR) is 122 cm³/mol. The summed E-state index contributed by atoms with van der Waals surface area (Å²) in [6.07, 6.45) is 1.93. The number of carbonyl (C=O) groups is 1. The standard InChI is InChI=1S/C23H24FN5OS/c1-15-10-11-19(28(15)2)22-21(18-9-5-6-13-25-18)27-23(31)29(22)14-12-20(30)26-17-8-4-3-7-16(17)24/h3-11,13,21-22H,12,14H2,1-2H3,(H,26,30)(H,27,31)/t21-,22-/m0/s1. The third-order valence-corrected chi connectivity index (χ3v) is 5.99. The molecule has 1 aliphatic rings. The van der Waals surface area contributed by atoms with Gasteiger partial charge in [0.05, 0.1) is 23.5 Å². The van der Waals surface area contributed by atoms with Crippen molar-refractivity contribution in [2.75, 3.05) is 11.9 Å². The van der Waals surface area contributed by atoms with Crippen LogP contribution >= 0.6 is 12.2 Å². The average molecular weight is 438 g/mol. The second-order valence-electron chi connectivity index (χ2n) is 7.56. The summed E-state index contributed by atoms with van der Waals surface area (Å²) >= 11 is 5.63. The van der Waals surface area contributed by atoms with Crippen LogP contribution in [0.3, 0.4) is 0 Å². The second kappa shape index (κ2) is 8.85. The van der Waals surface area contributed by atoms with Crippen LogP contribution in [0.25, 0.3) is 0 Å². The molecular weight excluding hydrogens is 413 g/mol. The minimum atomic E-state index is -0.457. The van der Waals surface area contributed by atoms with Crippen molar-refractivity contribution in [3.63, 3.8) is 0 Å². The van der Waals surface area contributed by atoms with Crippen LogP contribution in [0.5, 0.6) is 0 Å². The summed E-state index contributed by atoms with van der Waals surface area (Å²) in [6, 6.07) is 15.8. The summed E-state index contributed by atoms with van der Waals surface area (Å²) in [7, 11) is 2.02. The van der Waals surface area contributed by atoms with Gasteiger partial charge in [0, 0.05) is 37.6 Å². The number of anilines is 1. The van der Waals surface area contributed by atoms with Crippen LogP contribution in [0.2, 0.25) is 0 Å². The normalized spacial score (nSPS) is 18.2. The fraction of sp³-hybridized carbons (Fsp3) is 0.261. The summed E-state index contributed by atoms with van der Waals surface area (Å²) < 4.78 is 16.0. The molecule has 1 amide bonds. The van der Waals surface area contributed by atoms with Gasteiger partial charge in [0.25, 0.3) is 0 Å². The Balaban J connectivity index is 1.56. The number of benzene rings is 1. The number of pyridine rings is 1. The molecule has 0 bridgehead atoms. The van der Waals surface area contributed by atoms with E-state index in [4.69, 9.17) is 12.2 Å². The number of thiocarbonyl (C=S) groups is 1. The van der Waals surface area contributed by atoms with Crippen molar-refractivity contribution in [2.45, 2.75) is 25.4 Å². The Kier molecular flexibility index (Phi) is 5.99. The molecule has 31 heavy (non-hydrogen) atoms. The Bertz CT molecular complexity index is 1100. The van der Waals surface area contributed by atoms with E-state index in [2.05, 4.69) is 32.3 Å². The minimum Gasteiger partial charge on any atom is -0.352 e. The van der Waals surface area contributed by atoms with Gasteiger partial charge >= 0.3 is 0 Å². The molecule has 1 aliphatic heterocycles. The number of hydrogen-bond acceptors (Lipinski definition) is 3. The molecule has 1 fully saturated rings. The molecule has 1 aromatic carbocycles. The van der Waals surface area contributed by atoms with Gasteiger partial charge in [-0.2, -0.15) is 0 Å². The number of para-hydroxylation sites is 1. The smallest absolute Gasteiger partial charge is 0.226 e. The number of rotatable bonds is 6. The van der Waals surface area contributed by atoms with E-state index in [0.29, 0.717) is 11.7 Å². The minimum absolute atomic E-state index is 0.123. The lowest BCUT2D eigenvalue weighted by Crippen LogP contribution is -2.33. The number of aryl methyl sites for hydroxylation is 1. The SMILES string of the molecule is Cc1ccc([C@H]2[C@H](c3ccccn3)NC(=S)N2CCC(=O)Nc2ccccc2F)n1C. The van der Waals surface area contributed by atoms with Crippen molar-refractivity contribution in [2.24, 2.45) is 7.05 Å². The number of hydrogen-bond donors (Lipinski definition) is 2. The highest BCUT2D eigenvalue weighted by molar-refractivity contribution is 7.80. The van der Waals surface area contributed by atoms with Gasteiger partial charge in [-0.25, -0.2) is 4.39 Å². The topological polar surface area (TPSA) is 62.2 Å². The Hall–Kier alpha value is -3.26. The lowest BCUT2D eigenvalue weighted by Gasteiger charge is -2.28. The molecular formula is C23H24FN5OS. The monoisotopic (exact) mass is 437 g/mol. The predicted octanol–water partition coefficient (Wildman–Crippen LogP) is 3.87. The van der Waals surface area contributed by atoms with E-state index in [9.17, 15) is 9.18 Å². The van der Waals surface area contributed by atoms with Gasteiger partial charge in [0.2, 0.25) is 5.91 Å². The molecule has 0 spiro atoms. The number of aromatic nitrogens is 2. The van der Waals surface area contributed by atoms with E-state index in [-0.39, 0.29) is 30.1 Å². The third kappa shape index (κ3) is 4.29. The van der Waals surface area contributed by atoms with Crippen molar-refractivity contribution in [1.29, 1.82) is 0 Å². The van der Waals surface area contributed by atoms with E-state index >= 15 is 0 Å². The first-order chi connectivity index (χ1) is 15.0. The zero-order valence-corrected chi connectivity index (χ0v) is 18.2. The van der Waals surface area contributed by atoms with Crippen LogP contribution in [0.1, 0.15) is 35.6 Å². The van der Waals surface area contributed by atoms with E-state index < -0.39 is 5.82 Å². The summed E-state index contributed by atoms with van der Waals surface area (Å²) in [6.45, 7) is 2.44. The quantitative estimate of drug-likeness (QED) is 0.574. The molecule has 4 rings (SSSR count). The highest BCUT2D eigenvalue weighted by Crippen LogP contribution is 2.39. The molecule has 8 heteroatoms. The van der Waals surface area contributed by atoms with Gasteiger partial charge in [0.15, 0.2) is 5.11 Å². The first-order valence-electron chi connectivity index (χ1n) is 10.1. The Morgan fingerprint density at radius 1 is 1.19 bits per heavy atom. The van der Waals surface area contributed by atoms with Gasteiger partial charge in [-0.3, -0.25) is 9.78 Å². The molecule has 2 atom stereocenters. The summed E-state index contributed by atoms with van der Waals surface area (Å²) in [5, 5.41) is 6.59. The maximum absolute atomic E-state index is 13.9. The van der Waals surface area contributed by atoms with Crippen molar-refractivity contribution < 1.29 is 9.18 Å². The van der Waals surface area contributed by atoms with Gasteiger partial charge in [-0.1, -0.05) is 18.2 Å². The van der Waals surface area contributed by atoms with Gasteiger partial charge in [0.1, 0.15) is 5.82 Å². The lowest BCUT2D eigenvalue weighted by atomic mass is 10.0. The zero-order valence-electron chi connectivity index (χ0n) is 17.4. The number of amides is 1. The molecule has 3 aromatic rings. The molecule has 0 radical (unpaired) electrons. The van der Waals surface area contributed by atoms with Crippen molar-refractivity contribution in [3.8, 4) is 0 Å². The van der Waals surface area contributed by atoms with Crippen molar-refractivity contribution in [3.05, 3.63) is 83.7 Å². The van der Waals surface area contributed by atoms with E-state index in [1.54, 1.807) is 24.4 Å². The zero-order chi connectivity index (χ0) is 22.0. The van der Waals surface area contributed by atoms with Gasteiger partial charge < -0.3 is 20.1 Å². The van der Waals surface area contributed by atoms with Crippen LogP contribution in [0, 0.1) is 12.7 Å². The van der Waals surface area contributed by atoms with Crippen LogP contribution in [-0.2, 0) is 11.8 Å². The van der Waals surface area contributed by atoms with E-state index in [1.165, 1.54) is 6.07 Å². The summed E-state index contributed by atoms with van der Waals surface area (Å²) in [5.41, 5.74) is 3.27. The molecule has 0 aliphatic carbocycles. The molecule has 6 nitrogen and oxygen atoms in total. The van der Waals surface area contributed by atoms with Gasteiger partial charge in [-0.05, 0) is 55.5 Å². The summed E-state index contributed by atoms with van der Waals surface area (Å²) in [5.74, 6) is -0.724. The number of nitrogens with zero attached hydrogens (tertiary/aromatic N) is 3. The third-order valence-electron chi connectivity index (χ3n) is 5.64. The number of nitrogens with one attached hydrogen (secondary N) is 2. The molecule has 0 saturated carbocycles. The lowest BCUT2D eigenvalue weighted by molar-refractivity contribution is -0.116. The number of carbonyl (C=O) groups excluding carboxylic acids is 1. The molecule has 2 N–H and O–H groups in total. The molecule has 1 saturated heterocycles. The van der Waals surface area contributed by atoms with E-state index in [0.717, 1.165) is 17.1 Å². The van der Waals surface area contributed by atoms with Crippen LogP contribution in [0.4, 0.5) is 10.1 Å². The van der Waals surface area contributed by atoms with Crippen LogP contribution in [-0.4, -0.2) is 32.0 Å². The Morgan fingerprint density at radius 2 is 1.97 bits per heavy atom. The fourth-order valence-electron chi connectivity index (χ4n) is 3.90. The number of halogens is 1. The van der Waals surface area contributed by atoms with Crippen LogP contribution in [0.15, 0.2) is 60.8 Å². The maximum atomic E-state index is 13.9. The van der Waals surface area contributed by atoms with Crippen LogP contribution < -0.4 is 10.6 Å². The summed E-state index contributed by atoms with van der Waals surface area (Å²) in [4.78, 5) is 19.0. The highest BCUT2D eigenvalue weighted by Gasteiger charge is 2.41. The molecule has 2 aromatic heterocycles. The first kappa shape index (κ1) is 21.0. The highest BCUT2D eigenvalue weighted by atomic mass is 32.1. The second-order valence-corrected chi connectivity index (χ2v) is 7.94. The first-order valence-corrected chi connectivity index (χ1v) is 10.5. The van der Waals surface area contributed by atoms with Crippen molar-refractivity contribution in [1.82, 2.24) is 19.8 Å². The Morgan fingerprint density at radius 3 is 2.65 bits per heavy atom. The molecule has 0 unspecified atom stereocenters. The van der Waals surface area contributed by atoms with Gasteiger partial charge in [-0.15, -0.1) is 0 Å². The van der Waals surface area contributed by atoms with Crippen molar-refractivity contribution >= 4 is 28.9 Å². The fourth-order valence-corrected chi connectivity index (χ4v) is 4.23. The largest absolute Gasteiger partial charge is 0.352 e. The Labute approximate surface area is 186 Å². The average Bonchev–Trinajstić information content (AvgIpc) is 3.27. The maximum Gasteiger partial charge on any atom is 0.226 e. The molecule has 3 heterocycles. The van der Waals surface area contributed by atoms with E-state index in [1.807, 2.05) is 37.1 Å².